The number of thioether (sulfide) groups is 1. The molecular formula is C13H17N3O2S. The van der Waals surface area contributed by atoms with Crippen molar-refractivity contribution in [1.29, 1.82) is 0 Å². The minimum Gasteiger partial charge on any atom is -0.477 e. The molecule has 6 heteroatoms. The summed E-state index contributed by atoms with van der Waals surface area (Å²) >= 11 is 1.26. The van der Waals surface area contributed by atoms with Crippen LogP contribution in [-0.2, 0) is 0 Å². The lowest BCUT2D eigenvalue weighted by molar-refractivity contribution is 0.0694. The molecule has 0 fully saturated rings. The first-order valence-corrected chi connectivity index (χ1v) is 7.09. The highest BCUT2D eigenvalue weighted by molar-refractivity contribution is 7.98. The number of aromatic nitrogens is 2. The number of hydrogen-bond acceptors (Lipinski definition) is 4. The summed E-state index contributed by atoms with van der Waals surface area (Å²) in [6.45, 7) is 4.00. The monoisotopic (exact) mass is 279 g/mol. The van der Waals surface area contributed by atoms with Crippen LogP contribution in [0.2, 0.25) is 0 Å². The number of anilines is 1. The zero-order valence-corrected chi connectivity index (χ0v) is 11.9. The Bertz CT molecular complexity index is 553. The van der Waals surface area contributed by atoms with Gasteiger partial charge in [0.05, 0.1) is 5.69 Å². The quantitative estimate of drug-likeness (QED) is 0.844. The Hall–Kier alpha value is -1.95. The average molecular weight is 279 g/mol. The van der Waals surface area contributed by atoms with E-state index in [1.807, 2.05) is 44.2 Å². The van der Waals surface area contributed by atoms with Crippen LogP contribution < -0.4 is 5.73 Å². The number of nitrogens with zero attached hydrogens (tertiary/aromatic N) is 2. The minimum atomic E-state index is -1.06. The van der Waals surface area contributed by atoms with Crippen LogP contribution in [0.25, 0.3) is 5.69 Å². The number of rotatable bonds is 3. The largest absolute Gasteiger partial charge is 0.477 e. The third-order valence-electron chi connectivity index (χ3n) is 2.30. The van der Waals surface area contributed by atoms with E-state index in [1.165, 1.54) is 16.4 Å². The first-order valence-electron chi connectivity index (χ1n) is 5.86. The molecule has 2 aromatic rings. The van der Waals surface area contributed by atoms with E-state index < -0.39 is 5.97 Å². The van der Waals surface area contributed by atoms with Crippen LogP contribution in [-0.4, -0.2) is 27.1 Å². The van der Waals surface area contributed by atoms with Gasteiger partial charge >= 0.3 is 5.97 Å². The summed E-state index contributed by atoms with van der Waals surface area (Å²) in [6.07, 6.45) is 1.77. The molecule has 1 heterocycles. The van der Waals surface area contributed by atoms with Crippen molar-refractivity contribution in [2.24, 2.45) is 0 Å². The van der Waals surface area contributed by atoms with E-state index in [0.29, 0.717) is 5.03 Å². The van der Waals surface area contributed by atoms with Gasteiger partial charge in [-0.15, -0.1) is 11.8 Å². The maximum absolute atomic E-state index is 11.1. The molecule has 0 saturated heterocycles. The second kappa shape index (κ2) is 6.84. The molecule has 19 heavy (non-hydrogen) atoms. The predicted octanol–water partition coefficient (Wildman–Crippen LogP) is 2.90. The lowest BCUT2D eigenvalue weighted by atomic mass is 10.3. The number of benzene rings is 1. The zero-order valence-electron chi connectivity index (χ0n) is 11.1. The molecule has 0 amide bonds. The second-order valence-corrected chi connectivity index (χ2v) is 4.12. The van der Waals surface area contributed by atoms with E-state index in [2.05, 4.69) is 5.10 Å². The summed E-state index contributed by atoms with van der Waals surface area (Å²) in [5.74, 6) is -0.915. The fourth-order valence-electron chi connectivity index (χ4n) is 1.52. The molecule has 3 N–H and O–H groups in total. The molecule has 0 aliphatic heterocycles. The molecule has 1 aromatic carbocycles. The molecule has 0 atom stereocenters. The van der Waals surface area contributed by atoms with E-state index in [9.17, 15) is 4.79 Å². The molecule has 0 saturated carbocycles. The maximum atomic E-state index is 11.1. The lowest BCUT2D eigenvalue weighted by Gasteiger charge is -2.02. The normalized spacial score (nSPS) is 9.63. The molecule has 0 spiro atoms. The van der Waals surface area contributed by atoms with Crippen LogP contribution in [0.5, 0.6) is 0 Å². The number of carbonyl (C=O) groups is 1. The van der Waals surface area contributed by atoms with Crippen LogP contribution in [0.1, 0.15) is 24.2 Å². The molecule has 0 bridgehead atoms. The van der Waals surface area contributed by atoms with Gasteiger partial charge in [-0.3, -0.25) is 0 Å². The fourth-order valence-corrected chi connectivity index (χ4v) is 2.08. The predicted molar refractivity (Wildman–Crippen MR) is 78.1 cm³/mol. The molecule has 102 valence electrons. The Morgan fingerprint density at radius 3 is 2.32 bits per heavy atom. The number of para-hydroxylation sites is 1. The average Bonchev–Trinajstić information content (AvgIpc) is 2.79. The second-order valence-electron chi connectivity index (χ2n) is 3.32. The summed E-state index contributed by atoms with van der Waals surface area (Å²) in [7, 11) is 0. The Labute approximate surface area is 116 Å². The zero-order chi connectivity index (χ0) is 14.4. The van der Waals surface area contributed by atoms with Crippen LogP contribution in [0.15, 0.2) is 35.4 Å². The molecule has 1 aromatic heterocycles. The van der Waals surface area contributed by atoms with Crippen molar-refractivity contribution in [3.63, 3.8) is 0 Å². The first kappa shape index (κ1) is 15.1. The number of hydrogen-bond donors (Lipinski definition) is 2. The summed E-state index contributed by atoms with van der Waals surface area (Å²) in [6, 6.07) is 9.19. The van der Waals surface area contributed by atoms with Crippen molar-refractivity contribution in [1.82, 2.24) is 9.78 Å². The summed E-state index contributed by atoms with van der Waals surface area (Å²) in [4.78, 5) is 11.1. The molecular weight excluding hydrogens is 262 g/mol. The van der Waals surface area contributed by atoms with E-state index >= 15 is 0 Å². The van der Waals surface area contributed by atoms with E-state index in [-0.39, 0.29) is 11.4 Å². The standard InChI is InChI=1S/C11H11N3O2S.C2H6/c1-17-10-8(11(15)16)9(12)14(13-10)7-5-3-2-4-6-7;1-2/h2-6H,12H2,1H3,(H,15,16);1-2H3. The Kier molecular flexibility index (Phi) is 5.44. The Morgan fingerprint density at radius 1 is 1.32 bits per heavy atom. The number of carboxylic acid groups (broad SMARTS) is 1. The molecule has 0 unspecified atom stereocenters. The highest BCUT2D eigenvalue weighted by atomic mass is 32.2. The molecule has 0 radical (unpaired) electrons. The number of nitrogens with two attached hydrogens (primary N) is 1. The first-order chi connectivity index (χ1) is 9.15. The summed E-state index contributed by atoms with van der Waals surface area (Å²) in [5.41, 5.74) is 6.62. The Morgan fingerprint density at radius 2 is 1.89 bits per heavy atom. The molecule has 5 nitrogen and oxygen atoms in total. The van der Waals surface area contributed by atoms with E-state index in [1.54, 1.807) is 6.26 Å². The minimum absolute atomic E-state index is 0.0568. The van der Waals surface area contributed by atoms with Crippen molar-refractivity contribution >= 4 is 23.5 Å². The number of aromatic carboxylic acids is 1. The smallest absolute Gasteiger partial charge is 0.342 e. The van der Waals surface area contributed by atoms with Gasteiger partial charge in [-0.2, -0.15) is 5.10 Å². The van der Waals surface area contributed by atoms with E-state index in [0.717, 1.165) is 5.69 Å². The topological polar surface area (TPSA) is 81.1 Å². The third-order valence-corrected chi connectivity index (χ3v) is 2.97. The van der Waals surface area contributed by atoms with Gasteiger partial charge in [0.1, 0.15) is 16.4 Å². The third kappa shape index (κ3) is 3.08. The lowest BCUT2D eigenvalue weighted by Crippen LogP contribution is -2.05. The number of nitrogen functional groups attached to an aromatic ring is 1. The SMILES string of the molecule is CC.CSc1nn(-c2ccccc2)c(N)c1C(=O)O. The van der Waals surface area contributed by atoms with Gasteiger partial charge < -0.3 is 10.8 Å². The van der Waals surface area contributed by atoms with Gasteiger partial charge in [0.15, 0.2) is 0 Å². The maximum Gasteiger partial charge on any atom is 0.342 e. The summed E-state index contributed by atoms with van der Waals surface area (Å²) < 4.78 is 1.44. The van der Waals surface area contributed by atoms with Gasteiger partial charge in [0, 0.05) is 0 Å². The van der Waals surface area contributed by atoms with Crippen molar-refractivity contribution in [3.8, 4) is 5.69 Å². The van der Waals surface area contributed by atoms with Crippen molar-refractivity contribution < 1.29 is 9.90 Å². The van der Waals surface area contributed by atoms with E-state index in [4.69, 9.17) is 10.8 Å². The Balaban J connectivity index is 0.000000861. The molecule has 2 rings (SSSR count). The molecule has 0 aliphatic carbocycles. The van der Waals surface area contributed by atoms with Gasteiger partial charge in [-0.05, 0) is 18.4 Å². The fraction of sp³-hybridized carbons (Fsp3) is 0.231. The van der Waals surface area contributed by atoms with Crippen LogP contribution in [0, 0.1) is 0 Å². The van der Waals surface area contributed by atoms with Crippen LogP contribution >= 0.6 is 11.8 Å². The van der Waals surface area contributed by atoms with Gasteiger partial charge in [-0.1, -0.05) is 32.0 Å². The van der Waals surface area contributed by atoms with Gasteiger partial charge in [0.25, 0.3) is 0 Å². The van der Waals surface area contributed by atoms with Crippen LogP contribution in [0.4, 0.5) is 5.82 Å². The molecule has 0 aliphatic rings. The number of carboxylic acids is 1. The highest BCUT2D eigenvalue weighted by Gasteiger charge is 2.21. The van der Waals surface area contributed by atoms with Gasteiger partial charge in [0.2, 0.25) is 0 Å². The van der Waals surface area contributed by atoms with Crippen molar-refractivity contribution in [3.05, 3.63) is 35.9 Å². The van der Waals surface area contributed by atoms with Gasteiger partial charge in [-0.25, -0.2) is 9.48 Å². The summed E-state index contributed by atoms with van der Waals surface area (Å²) in [5, 5.41) is 13.7. The van der Waals surface area contributed by atoms with Crippen molar-refractivity contribution in [2.75, 3.05) is 12.0 Å². The van der Waals surface area contributed by atoms with Crippen molar-refractivity contribution in [2.45, 2.75) is 18.9 Å². The highest BCUT2D eigenvalue weighted by Crippen LogP contribution is 2.26. The van der Waals surface area contributed by atoms with Crippen LogP contribution in [0.3, 0.4) is 0 Å².